The highest BCUT2D eigenvalue weighted by molar-refractivity contribution is 6.76. The molecule has 1 unspecified atom stereocenters. The second kappa shape index (κ2) is 5.15. The molecule has 0 heterocycles. The average molecular weight is 233 g/mol. The van der Waals surface area contributed by atoms with Gasteiger partial charge in [-0.2, -0.15) is 0 Å². The number of hydrogen-bond donors (Lipinski definition) is 1. The topological polar surface area (TPSA) is 29.1 Å². The lowest BCUT2D eigenvalue weighted by Gasteiger charge is -2.16. The Balaban J connectivity index is 3.85. The molecule has 0 aliphatic rings. The van der Waals surface area contributed by atoms with E-state index in [4.69, 9.17) is 34.8 Å². The molecule has 0 saturated carbocycles. The van der Waals surface area contributed by atoms with Gasteiger partial charge in [-0.25, -0.2) is 0 Å². The number of alkyl halides is 3. The van der Waals surface area contributed by atoms with Gasteiger partial charge in [0.1, 0.15) is 0 Å². The van der Waals surface area contributed by atoms with Gasteiger partial charge in [-0.1, -0.05) is 48.1 Å². The van der Waals surface area contributed by atoms with E-state index in [1.807, 2.05) is 13.8 Å². The van der Waals surface area contributed by atoms with Crippen molar-refractivity contribution in [2.75, 3.05) is 0 Å². The molecular weight excluding hydrogens is 220 g/mol. The van der Waals surface area contributed by atoms with Crippen molar-refractivity contribution in [3.63, 3.8) is 0 Å². The van der Waals surface area contributed by atoms with E-state index in [9.17, 15) is 4.79 Å². The highest BCUT2D eigenvalue weighted by Gasteiger charge is 2.31. The van der Waals surface area contributed by atoms with E-state index in [-0.39, 0.29) is 6.04 Å². The maximum atomic E-state index is 11.0. The molecule has 5 heteroatoms. The molecule has 0 bridgehead atoms. The smallest absolute Gasteiger partial charge is 0.272 e. The largest absolute Gasteiger partial charge is 0.350 e. The predicted molar refractivity (Wildman–Crippen MR) is 52.8 cm³/mol. The molecule has 0 rings (SSSR count). The summed E-state index contributed by atoms with van der Waals surface area (Å²) in [6, 6.07) is 0.0538. The molecule has 0 aromatic carbocycles. The Morgan fingerprint density at radius 2 is 2.00 bits per heavy atom. The number of carbonyl (C=O) groups is 1. The summed E-state index contributed by atoms with van der Waals surface area (Å²) in [4.78, 5) is 11.0. The minimum atomic E-state index is -1.85. The van der Waals surface area contributed by atoms with E-state index < -0.39 is 9.70 Å². The molecule has 72 valence electrons. The Labute approximate surface area is 87.6 Å². The number of carbonyl (C=O) groups excluding carboxylic acids is 1. The minimum absolute atomic E-state index is 0.0538. The SMILES string of the molecule is CCCC(C)NC(=O)C(Cl)(Cl)Cl. The molecule has 0 saturated heterocycles. The number of rotatable bonds is 3. The van der Waals surface area contributed by atoms with Gasteiger partial charge in [0.25, 0.3) is 9.70 Å². The van der Waals surface area contributed by atoms with Crippen LogP contribution in [0.15, 0.2) is 0 Å². The van der Waals surface area contributed by atoms with Crippen molar-refractivity contribution in [2.24, 2.45) is 0 Å². The number of halogens is 3. The summed E-state index contributed by atoms with van der Waals surface area (Å²) in [5.74, 6) is -0.562. The van der Waals surface area contributed by atoms with Crippen molar-refractivity contribution < 1.29 is 4.79 Å². The first-order valence-electron chi connectivity index (χ1n) is 3.75. The lowest BCUT2D eigenvalue weighted by molar-refractivity contribution is -0.120. The van der Waals surface area contributed by atoms with Crippen LogP contribution in [0.5, 0.6) is 0 Å². The highest BCUT2D eigenvalue weighted by Crippen LogP contribution is 2.26. The van der Waals surface area contributed by atoms with Crippen LogP contribution in [0.4, 0.5) is 0 Å². The van der Waals surface area contributed by atoms with Gasteiger partial charge in [0, 0.05) is 6.04 Å². The zero-order chi connectivity index (χ0) is 9.78. The van der Waals surface area contributed by atoms with Crippen molar-refractivity contribution in [2.45, 2.75) is 36.5 Å². The summed E-state index contributed by atoms with van der Waals surface area (Å²) in [6.07, 6.45) is 1.87. The van der Waals surface area contributed by atoms with Crippen molar-refractivity contribution >= 4 is 40.7 Å². The Morgan fingerprint density at radius 3 is 2.33 bits per heavy atom. The van der Waals surface area contributed by atoms with Gasteiger partial charge in [-0.05, 0) is 13.3 Å². The van der Waals surface area contributed by atoms with Crippen molar-refractivity contribution in [1.29, 1.82) is 0 Å². The Morgan fingerprint density at radius 1 is 1.50 bits per heavy atom. The summed E-state index contributed by atoms with van der Waals surface area (Å²) >= 11 is 16.0. The Hall–Kier alpha value is 0.340. The molecule has 12 heavy (non-hydrogen) atoms. The van der Waals surface area contributed by atoms with E-state index in [2.05, 4.69) is 5.32 Å². The quantitative estimate of drug-likeness (QED) is 0.745. The first-order chi connectivity index (χ1) is 5.38. The first-order valence-corrected chi connectivity index (χ1v) is 4.89. The fourth-order valence-electron chi connectivity index (χ4n) is 0.811. The lowest BCUT2D eigenvalue weighted by atomic mass is 10.2. The molecule has 0 aromatic heterocycles. The van der Waals surface area contributed by atoms with Crippen LogP contribution in [-0.4, -0.2) is 15.7 Å². The molecule has 1 N–H and O–H groups in total. The monoisotopic (exact) mass is 231 g/mol. The second-order valence-electron chi connectivity index (χ2n) is 2.66. The van der Waals surface area contributed by atoms with Crippen LogP contribution in [-0.2, 0) is 4.79 Å². The van der Waals surface area contributed by atoms with Crippen LogP contribution in [0.3, 0.4) is 0 Å². The van der Waals surface area contributed by atoms with Crippen molar-refractivity contribution in [1.82, 2.24) is 5.32 Å². The molecule has 1 atom stereocenters. The molecule has 0 aliphatic heterocycles. The summed E-state index contributed by atoms with van der Waals surface area (Å²) < 4.78 is -1.85. The van der Waals surface area contributed by atoms with E-state index in [0.29, 0.717) is 0 Å². The van der Waals surface area contributed by atoms with Gasteiger partial charge < -0.3 is 5.32 Å². The van der Waals surface area contributed by atoms with Gasteiger partial charge >= 0.3 is 0 Å². The fourth-order valence-corrected chi connectivity index (χ4v) is 0.974. The van der Waals surface area contributed by atoms with Gasteiger partial charge in [0.2, 0.25) is 0 Å². The van der Waals surface area contributed by atoms with Crippen LogP contribution in [0, 0.1) is 0 Å². The zero-order valence-corrected chi connectivity index (χ0v) is 9.30. The van der Waals surface area contributed by atoms with Gasteiger partial charge in [-0.3, -0.25) is 4.79 Å². The number of hydrogen-bond acceptors (Lipinski definition) is 1. The van der Waals surface area contributed by atoms with Gasteiger partial charge in [0.05, 0.1) is 0 Å². The zero-order valence-electron chi connectivity index (χ0n) is 7.03. The van der Waals surface area contributed by atoms with Crippen LogP contribution in [0.25, 0.3) is 0 Å². The highest BCUT2D eigenvalue weighted by atomic mass is 35.6. The van der Waals surface area contributed by atoms with E-state index in [1.165, 1.54) is 0 Å². The van der Waals surface area contributed by atoms with Gasteiger partial charge in [-0.15, -0.1) is 0 Å². The van der Waals surface area contributed by atoms with E-state index in [0.717, 1.165) is 12.8 Å². The fraction of sp³-hybridized carbons (Fsp3) is 0.857. The maximum Gasteiger partial charge on any atom is 0.272 e. The molecular formula is C7H12Cl3NO. The summed E-state index contributed by atoms with van der Waals surface area (Å²) in [5, 5.41) is 2.59. The molecule has 0 spiro atoms. The molecule has 2 nitrogen and oxygen atoms in total. The standard InChI is InChI=1S/C7H12Cl3NO/c1-3-4-5(2)11-6(12)7(8,9)10/h5H,3-4H2,1-2H3,(H,11,12). The van der Waals surface area contributed by atoms with Gasteiger partial charge in [0.15, 0.2) is 0 Å². The van der Waals surface area contributed by atoms with Crippen LogP contribution in [0.1, 0.15) is 26.7 Å². The van der Waals surface area contributed by atoms with Crippen LogP contribution < -0.4 is 5.32 Å². The molecule has 0 aliphatic carbocycles. The van der Waals surface area contributed by atoms with Crippen LogP contribution >= 0.6 is 34.8 Å². The molecule has 1 amide bonds. The third kappa shape index (κ3) is 5.07. The molecule has 0 radical (unpaired) electrons. The average Bonchev–Trinajstić information content (AvgIpc) is 1.85. The number of nitrogens with one attached hydrogen (secondary N) is 1. The maximum absolute atomic E-state index is 11.0. The molecule has 0 aromatic rings. The lowest BCUT2D eigenvalue weighted by Crippen LogP contribution is -2.40. The van der Waals surface area contributed by atoms with Crippen molar-refractivity contribution in [3.05, 3.63) is 0 Å². The third-order valence-corrected chi connectivity index (χ3v) is 1.87. The third-order valence-electron chi connectivity index (χ3n) is 1.36. The second-order valence-corrected chi connectivity index (χ2v) is 4.94. The molecule has 0 fully saturated rings. The normalized spacial score (nSPS) is 14.1. The van der Waals surface area contributed by atoms with Crippen LogP contribution in [0.2, 0.25) is 0 Å². The summed E-state index contributed by atoms with van der Waals surface area (Å²) in [5.41, 5.74) is 0. The first kappa shape index (κ1) is 12.3. The minimum Gasteiger partial charge on any atom is -0.350 e. The van der Waals surface area contributed by atoms with E-state index in [1.54, 1.807) is 0 Å². The summed E-state index contributed by atoms with van der Waals surface area (Å²) in [6.45, 7) is 3.90. The van der Waals surface area contributed by atoms with Crippen molar-refractivity contribution in [3.8, 4) is 0 Å². The van der Waals surface area contributed by atoms with E-state index >= 15 is 0 Å². The Kier molecular flexibility index (Phi) is 5.30. The predicted octanol–water partition coefficient (Wildman–Crippen LogP) is 2.66. The number of amides is 1. The Bertz CT molecular complexity index is 155. The summed E-state index contributed by atoms with van der Waals surface area (Å²) in [7, 11) is 0.